The molecule has 6 nitrogen and oxygen atoms in total. The highest BCUT2D eigenvalue weighted by atomic mass is 19.4. The number of urea groups is 1. The monoisotopic (exact) mass is 404 g/mol. The fraction of sp³-hybridized carbons (Fsp3) is 0.350. The molecule has 9 heteroatoms. The summed E-state index contributed by atoms with van der Waals surface area (Å²) >= 11 is 0. The van der Waals surface area contributed by atoms with Crippen molar-refractivity contribution < 1.29 is 22.8 Å². The molecule has 2 aliphatic rings. The maximum absolute atomic E-state index is 12.7. The third-order valence-corrected chi connectivity index (χ3v) is 5.41. The SMILES string of the molecule is O=C(Nc1cccc(C(F)(F)F)c1)NC1CC2(C1)CN(C(=O)c1ccncc1)C2. The fourth-order valence-corrected chi connectivity index (χ4v) is 4.06. The lowest BCUT2D eigenvalue weighted by Gasteiger charge is -2.59. The average molecular weight is 404 g/mol. The molecule has 1 aliphatic carbocycles. The molecule has 1 aromatic carbocycles. The number of likely N-dealkylation sites (tertiary alicyclic amines) is 1. The summed E-state index contributed by atoms with van der Waals surface area (Å²) in [7, 11) is 0. The Morgan fingerprint density at radius 2 is 1.79 bits per heavy atom. The van der Waals surface area contributed by atoms with Crippen molar-refractivity contribution in [2.24, 2.45) is 5.41 Å². The fourth-order valence-electron chi connectivity index (χ4n) is 4.06. The van der Waals surface area contributed by atoms with Gasteiger partial charge in [-0.25, -0.2) is 4.79 Å². The van der Waals surface area contributed by atoms with Gasteiger partial charge in [-0.15, -0.1) is 0 Å². The van der Waals surface area contributed by atoms with Gasteiger partial charge in [-0.3, -0.25) is 9.78 Å². The molecule has 2 heterocycles. The number of anilines is 1. The molecule has 2 aromatic rings. The van der Waals surface area contributed by atoms with Gasteiger partial charge in [0.05, 0.1) is 5.56 Å². The Hall–Kier alpha value is -3.10. The number of benzene rings is 1. The number of nitrogens with zero attached hydrogens (tertiary/aromatic N) is 2. The number of hydrogen-bond donors (Lipinski definition) is 2. The van der Waals surface area contributed by atoms with Crippen LogP contribution in [0.25, 0.3) is 0 Å². The molecule has 0 radical (unpaired) electrons. The van der Waals surface area contributed by atoms with E-state index in [1.54, 1.807) is 29.4 Å². The van der Waals surface area contributed by atoms with Gasteiger partial charge in [0.15, 0.2) is 0 Å². The lowest BCUT2D eigenvalue weighted by Crippen LogP contribution is -2.67. The lowest BCUT2D eigenvalue weighted by molar-refractivity contribution is -0.137. The van der Waals surface area contributed by atoms with Crippen molar-refractivity contribution in [2.45, 2.75) is 25.1 Å². The third kappa shape index (κ3) is 4.03. The van der Waals surface area contributed by atoms with Crippen LogP contribution in [0, 0.1) is 5.41 Å². The number of rotatable bonds is 3. The molecule has 1 saturated carbocycles. The van der Waals surface area contributed by atoms with Crippen molar-refractivity contribution in [2.75, 3.05) is 18.4 Å². The van der Waals surface area contributed by atoms with Crippen LogP contribution in [0.15, 0.2) is 48.8 Å². The number of carbonyl (C=O) groups is 2. The predicted molar refractivity (Wildman–Crippen MR) is 99.2 cm³/mol. The minimum Gasteiger partial charge on any atom is -0.337 e. The van der Waals surface area contributed by atoms with Crippen LogP contribution in [-0.4, -0.2) is 41.0 Å². The summed E-state index contributed by atoms with van der Waals surface area (Å²) in [5.41, 5.74) is -0.101. The Morgan fingerprint density at radius 1 is 1.10 bits per heavy atom. The number of halogens is 3. The van der Waals surface area contributed by atoms with Gasteiger partial charge >= 0.3 is 12.2 Å². The molecule has 1 spiro atoms. The van der Waals surface area contributed by atoms with E-state index in [0.29, 0.717) is 18.7 Å². The molecule has 1 saturated heterocycles. The molecular weight excluding hydrogens is 385 g/mol. The number of nitrogens with one attached hydrogen (secondary N) is 2. The van der Waals surface area contributed by atoms with E-state index in [-0.39, 0.29) is 23.1 Å². The molecule has 1 aromatic heterocycles. The maximum atomic E-state index is 12.7. The molecule has 0 unspecified atom stereocenters. The van der Waals surface area contributed by atoms with Gasteiger partial charge in [0.25, 0.3) is 5.91 Å². The first-order valence-corrected chi connectivity index (χ1v) is 9.18. The van der Waals surface area contributed by atoms with E-state index in [4.69, 9.17) is 0 Å². The summed E-state index contributed by atoms with van der Waals surface area (Å²) in [6, 6.07) is 7.27. The van der Waals surface area contributed by atoms with Crippen LogP contribution in [0.1, 0.15) is 28.8 Å². The number of pyridine rings is 1. The van der Waals surface area contributed by atoms with Crippen molar-refractivity contribution in [3.8, 4) is 0 Å². The Kier molecular flexibility index (Phi) is 4.68. The highest BCUT2D eigenvalue weighted by Gasteiger charge is 2.54. The van der Waals surface area contributed by atoms with Crippen molar-refractivity contribution >= 4 is 17.6 Å². The van der Waals surface area contributed by atoms with Gasteiger partial charge in [-0.2, -0.15) is 13.2 Å². The number of hydrogen-bond acceptors (Lipinski definition) is 3. The second kappa shape index (κ2) is 7.06. The Labute approximate surface area is 165 Å². The third-order valence-electron chi connectivity index (χ3n) is 5.41. The Balaban J connectivity index is 1.24. The zero-order valence-corrected chi connectivity index (χ0v) is 15.4. The number of aromatic nitrogens is 1. The van der Waals surface area contributed by atoms with Gasteiger partial charge in [0, 0.05) is 48.2 Å². The van der Waals surface area contributed by atoms with Gasteiger partial charge in [-0.05, 0) is 43.2 Å². The quantitative estimate of drug-likeness (QED) is 0.822. The normalized spacial score (nSPS) is 18.0. The molecule has 4 rings (SSSR count). The topological polar surface area (TPSA) is 74.3 Å². The van der Waals surface area contributed by atoms with Crippen LogP contribution in [0.2, 0.25) is 0 Å². The molecule has 152 valence electrons. The van der Waals surface area contributed by atoms with E-state index in [1.165, 1.54) is 12.1 Å². The number of amides is 3. The number of alkyl halides is 3. The van der Waals surface area contributed by atoms with E-state index in [1.807, 2.05) is 0 Å². The van der Waals surface area contributed by atoms with Crippen LogP contribution in [0.4, 0.5) is 23.7 Å². The van der Waals surface area contributed by atoms with Crippen molar-refractivity contribution in [1.29, 1.82) is 0 Å². The lowest BCUT2D eigenvalue weighted by atomic mass is 9.60. The molecule has 1 aliphatic heterocycles. The minimum absolute atomic E-state index is 0.0246. The average Bonchev–Trinajstić information content (AvgIpc) is 2.62. The van der Waals surface area contributed by atoms with Crippen molar-refractivity contribution in [3.63, 3.8) is 0 Å². The highest BCUT2D eigenvalue weighted by molar-refractivity contribution is 5.94. The minimum atomic E-state index is -4.46. The van der Waals surface area contributed by atoms with E-state index in [9.17, 15) is 22.8 Å². The zero-order chi connectivity index (χ0) is 20.6. The van der Waals surface area contributed by atoms with Gasteiger partial charge in [-0.1, -0.05) is 6.07 Å². The van der Waals surface area contributed by atoms with E-state index in [2.05, 4.69) is 15.6 Å². The Morgan fingerprint density at radius 3 is 2.45 bits per heavy atom. The maximum Gasteiger partial charge on any atom is 0.416 e. The second-order valence-electron chi connectivity index (χ2n) is 7.68. The number of carbonyl (C=O) groups excluding carboxylic acids is 2. The summed E-state index contributed by atoms with van der Waals surface area (Å²) in [6.07, 6.45) is 0.175. The predicted octanol–water partition coefficient (Wildman–Crippen LogP) is 3.53. The Bertz CT molecular complexity index is 919. The second-order valence-corrected chi connectivity index (χ2v) is 7.68. The first-order chi connectivity index (χ1) is 13.7. The van der Waals surface area contributed by atoms with E-state index in [0.717, 1.165) is 25.0 Å². The summed E-state index contributed by atoms with van der Waals surface area (Å²) in [6.45, 7) is 1.28. The first kappa shape index (κ1) is 19.2. The van der Waals surface area contributed by atoms with E-state index < -0.39 is 17.8 Å². The van der Waals surface area contributed by atoms with E-state index >= 15 is 0 Å². The van der Waals surface area contributed by atoms with Crippen LogP contribution in [0.5, 0.6) is 0 Å². The molecular formula is C20H19F3N4O2. The molecule has 3 amide bonds. The van der Waals surface area contributed by atoms with Crippen molar-refractivity contribution in [3.05, 3.63) is 59.9 Å². The first-order valence-electron chi connectivity index (χ1n) is 9.18. The van der Waals surface area contributed by atoms with Crippen LogP contribution >= 0.6 is 0 Å². The summed E-state index contributed by atoms with van der Waals surface area (Å²) < 4.78 is 38.2. The standard InChI is InChI=1S/C20H19F3N4O2/c21-20(22,23)14-2-1-3-15(8-14)25-18(29)26-16-9-19(10-16)11-27(12-19)17(28)13-4-6-24-7-5-13/h1-8,16H,9-12H2,(H2,25,26,29). The summed E-state index contributed by atoms with van der Waals surface area (Å²) in [4.78, 5) is 30.1. The van der Waals surface area contributed by atoms with Crippen molar-refractivity contribution in [1.82, 2.24) is 15.2 Å². The summed E-state index contributed by atoms with van der Waals surface area (Å²) in [5.74, 6) is -0.0308. The smallest absolute Gasteiger partial charge is 0.337 e. The van der Waals surface area contributed by atoms with Gasteiger partial charge < -0.3 is 15.5 Å². The largest absolute Gasteiger partial charge is 0.416 e. The van der Waals surface area contributed by atoms with Gasteiger partial charge in [0.1, 0.15) is 0 Å². The van der Waals surface area contributed by atoms with Gasteiger partial charge in [0.2, 0.25) is 0 Å². The van der Waals surface area contributed by atoms with Crippen LogP contribution < -0.4 is 10.6 Å². The van der Waals surface area contributed by atoms with Crippen LogP contribution in [-0.2, 0) is 6.18 Å². The molecule has 2 N–H and O–H groups in total. The molecule has 2 fully saturated rings. The molecule has 29 heavy (non-hydrogen) atoms. The molecule has 0 bridgehead atoms. The molecule has 0 atom stereocenters. The zero-order valence-electron chi connectivity index (χ0n) is 15.4. The highest BCUT2D eigenvalue weighted by Crippen LogP contribution is 2.48. The van der Waals surface area contributed by atoms with Crippen LogP contribution in [0.3, 0.4) is 0 Å². The summed E-state index contributed by atoms with van der Waals surface area (Å²) in [5, 5.41) is 5.22.